The highest BCUT2D eigenvalue weighted by Crippen LogP contribution is 1.89. The van der Waals surface area contributed by atoms with E-state index in [4.69, 9.17) is 29.5 Å². The molecular formula is C8H18O6. The Labute approximate surface area is 83.0 Å². The summed E-state index contributed by atoms with van der Waals surface area (Å²) in [5.74, 6) is 0. The molecule has 0 aliphatic carbocycles. The van der Waals surface area contributed by atoms with Gasteiger partial charge >= 0.3 is 0 Å². The first-order valence-electron chi connectivity index (χ1n) is 4.48. The fraction of sp³-hybridized carbons (Fsp3) is 1.00. The predicted molar refractivity (Wildman–Crippen MR) is 47.8 cm³/mol. The van der Waals surface area contributed by atoms with E-state index >= 15 is 0 Å². The zero-order valence-corrected chi connectivity index (χ0v) is 8.09. The van der Waals surface area contributed by atoms with Crippen molar-refractivity contribution >= 4 is 0 Å². The van der Waals surface area contributed by atoms with Crippen molar-refractivity contribution < 1.29 is 29.5 Å². The monoisotopic (exact) mass is 210 g/mol. The van der Waals surface area contributed by atoms with Crippen LogP contribution in [0.3, 0.4) is 0 Å². The lowest BCUT2D eigenvalue weighted by molar-refractivity contribution is -0.147. The second-order valence-corrected chi connectivity index (χ2v) is 2.46. The van der Waals surface area contributed by atoms with Crippen molar-refractivity contribution in [3.8, 4) is 0 Å². The van der Waals surface area contributed by atoms with Crippen LogP contribution < -0.4 is 0 Å². The largest absolute Gasteiger partial charge is 0.394 e. The van der Waals surface area contributed by atoms with Crippen LogP contribution in [-0.2, 0) is 14.2 Å². The molecule has 0 bridgehead atoms. The van der Waals surface area contributed by atoms with Gasteiger partial charge in [-0.15, -0.1) is 0 Å². The summed E-state index contributed by atoms with van der Waals surface area (Å²) in [5.41, 5.74) is 0. The van der Waals surface area contributed by atoms with Crippen molar-refractivity contribution in [2.75, 3.05) is 46.2 Å². The third-order valence-electron chi connectivity index (χ3n) is 1.27. The van der Waals surface area contributed by atoms with Crippen molar-refractivity contribution in [3.05, 3.63) is 0 Å². The maximum Gasteiger partial charge on any atom is 0.178 e. The van der Waals surface area contributed by atoms with E-state index < -0.39 is 6.29 Å². The molecule has 0 amide bonds. The Morgan fingerprint density at radius 2 is 1.50 bits per heavy atom. The van der Waals surface area contributed by atoms with Gasteiger partial charge in [0.1, 0.15) is 0 Å². The van der Waals surface area contributed by atoms with Gasteiger partial charge in [-0.2, -0.15) is 0 Å². The Morgan fingerprint density at radius 1 is 0.857 bits per heavy atom. The SMILES string of the molecule is OCCOCCOC(O)COCCO. The molecule has 0 aromatic rings. The van der Waals surface area contributed by atoms with Crippen LogP contribution in [0.1, 0.15) is 0 Å². The minimum absolute atomic E-state index is 0.0256. The molecular weight excluding hydrogens is 192 g/mol. The summed E-state index contributed by atoms with van der Waals surface area (Å²) in [6, 6.07) is 0. The molecule has 14 heavy (non-hydrogen) atoms. The number of rotatable bonds is 10. The average Bonchev–Trinajstić information content (AvgIpc) is 2.18. The molecule has 0 aliphatic rings. The van der Waals surface area contributed by atoms with Crippen LogP contribution >= 0.6 is 0 Å². The fourth-order valence-corrected chi connectivity index (χ4v) is 0.707. The van der Waals surface area contributed by atoms with E-state index in [-0.39, 0.29) is 39.6 Å². The summed E-state index contributed by atoms with van der Waals surface area (Å²) in [4.78, 5) is 0. The molecule has 0 radical (unpaired) electrons. The fourth-order valence-electron chi connectivity index (χ4n) is 0.707. The third kappa shape index (κ3) is 9.85. The van der Waals surface area contributed by atoms with Crippen molar-refractivity contribution in [1.82, 2.24) is 0 Å². The van der Waals surface area contributed by atoms with Crippen LogP contribution in [0.5, 0.6) is 0 Å². The summed E-state index contributed by atoms with van der Waals surface area (Å²) >= 11 is 0. The van der Waals surface area contributed by atoms with E-state index in [9.17, 15) is 0 Å². The Morgan fingerprint density at radius 3 is 2.14 bits per heavy atom. The van der Waals surface area contributed by atoms with Gasteiger partial charge in [-0.3, -0.25) is 0 Å². The first-order valence-corrected chi connectivity index (χ1v) is 4.48. The molecule has 0 saturated heterocycles. The predicted octanol–water partition coefficient (Wildman–Crippen LogP) is -1.66. The van der Waals surface area contributed by atoms with Crippen LogP contribution in [0.15, 0.2) is 0 Å². The maximum atomic E-state index is 9.10. The van der Waals surface area contributed by atoms with E-state index in [1.54, 1.807) is 0 Å². The summed E-state index contributed by atoms with van der Waals surface area (Å²) in [6.45, 7) is 0.929. The Balaban J connectivity index is 3.06. The highest BCUT2D eigenvalue weighted by Gasteiger charge is 2.03. The standard InChI is InChI=1S/C8H18O6/c9-1-3-12-5-6-14-8(11)7-13-4-2-10/h8-11H,1-7H2. The molecule has 0 heterocycles. The molecule has 0 rings (SSSR count). The molecule has 0 aliphatic heterocycles. The van der Waals surface area contributed by atoms with Gasteiger partial charge in [0.05, 0.1) is 46.2 Å². The van der Waals surface area contributed by atoms with Gasteiger partial charge in [-0.05, 0) is 0 Å². The zero-order chi connectivity index (χ0) is 10.6. The first-order chi connectivity index (χ1) is 6.81. The molecule has 6 nitrogen and oxygen atoms in total. The van der Waals surface area contributed by atoms with E-state index in [2.05, 4.69) is 0 Å². The molecule has 3 N–H and O–H groups in total. The van der Waals surface area contributed by atoms with Crippen molar-refractivity contribution in [2.24, 2.45) is 0 Å². The lowest BCUT2D eigenvalue weighted by Crippen LogP contribution is -2.22. The molecule has 0 saturated carbocycles. The van der Waals surface area contributed by atoms with Gasteiger partial charge in [-0.25, -0.2) is 0 Å². The van der Waals surface area contributed by atoms with Crippen LogP contribution in [0.4, 0.5) is 0 Å². The molecule has 0 aromatic carbocycles. The molecule has 86 valence electrons. The highest BCUT2D eigenvalue weighted by molar-refractivity contribution is 4.39. The Hall–Kier alpha value is -0.240. The minimum Gasteiger partial charge on any atom is -0.394 e. The van der Waals surface area contributed by atoms with Crippen LogP contribution in [0.2, 0.25) is 0 Å². The molecule has 6 heteroatoms. The lowest BCUT2D eigenvalue weighted by atomic mass is 10.6. The molecule has 0 fully saturated rings. The summed E-state index contributed by atoms with van der Waals surface area (Å²) in [6.07, 6.45) is -1.00. The van der Waals surface area contributed by atoms with Crippen molar-refractivity contribution in [3.63, 3.8) is 0 Å². The highest BCUT2D eigenvalue weighted by atomic mass is 16.6. The maximum absolute atomic E-state index is 9.10. The molecule has 0 aromatic heterocycles. The Bertz CT molecular complexity index is 110. The van der Waals surface area contributed by atoms with Gasteiger partial charge in [0.2, 0.25) is 0 Å². The van der Waals surface area contributed by atoms with Gasteiger partial charge in [0.15, 0.2) is 6.29 Å². The zero-order valence-electron chi connectivity index (χ0n) is 8.09. The van der Waals surface area contributed by atoms with Crippen LogP contribution in [0, 0.1) is 0 Å². The third-order valence-corrected chi connectivity index (χ3v) is 1.27. The second-order valence-electron chi connectivity index (χ2n) is 2.46. The minimum atomic E-state index is -1.00. The second kappa shape index (κ2) is 10.8. The summed E-state index contributed by atoms with van der Waals surface area (Å²) in [7, 11) is 0. The van der Waals surface area contributed by atoms with E-state index in [1.165, 1.54) is 0 Å². The average molecular weight is 210 g/mol. The first kappa shape index (κ1) is 13.8. The van der Waals surface area contributed by atoms with Crippen LogP contribution in [-0.4, -0.2) is 67.9 Å². The number of aliphatic hydroxyl groups excluding tert-OH is 3. The quantitative estimate of drug-likeness (QED) is 0.295. The smallest absolute Gasteiger partial charge is 0.178 e. The van der Waals surface area contributed by atoms with Gasteiger partial charge < -0.3 is 29.5 Å². The number of hydrogen-bond acceptors (Lipinski definition) is 6. The van der Waals surface area contributed by atoms with Gasteiger partial charge in [0, 0.05) is 0 Å². The molecule has 1 unspecified atom stereocenters. The summed E-state index contributed by atoms with van der Waals surface area (Å²) < 4.78 is 14.6. The van der Waals surface area contributed by atoms with Crippen LogP contribution in [0.25, 0.3) is 0 Å². The van der Waals surface area contributed by atoms with E-state index in [0.717, 1.165) is 0 Å². The van der Waals surface area contributed by atoms with Gasteiger partial charge in [-0.1, -0.05) is 0 Å². The van der Waals surface area contributed by atoms with E-state index in [0.29, 0.717) is 6.61 Å². The van der Waals surface area contributed by atoms with E-state index in [1.807, 2.05) is 0 Å². The number of aliphatic hydroxyl groups is 3. The molecule has 1 atom stereocenters. The number of ether oxygens (including phenoxy) is 3. The van der Waals surface area contributed by atoms with Gasteiger partial charge in [0.25, 0.3) is 0 Å². The Kier molecular flexibility index (Phi) is 10.7. The molecule has 0 spiro atoms. The topological polar surface area (TPSA) is 88.4 Å². The normalized spacial score (nSPS) is 13.1. The summed E-state index contributed by atoms with van der Waals surface area (Å²) in [5, 5.41) is 25.8. The van der Waals surface area contributed by atoms with Crippen molar-refractivity contribution in [1.29, 1.82) is 0 Å². The van der Waals surface area contributed by atoms with Crippen molar-refractivity contribution in [2.45, 2.75) is 6.29 Å². The number of hydrogen-bond donors (Lipinski definition) is 3. The lowest BCUT2D eigenvalue weighted by Gasteiger charge is -2.11.